The van der Waals surface area contributed by atoms with E-state index in [0.717, 1.165) is 0 Å². The van der Waals surface area contributed by atoms with Crippen molar-refractivity contribution in [3.63, 3.8) is 0 Å². The number of carbonyl (C=O) groups is 2. The molecule has 0 rings (SSSR count). The summed E-state index contributed by atoms with van der Waals surface area (Å²) >= 11 is 0. The summed E-state index contributed by atoms with van der Waals surface area (Å²) in [6, 6.07) is 0. The standard InChI is InChI=1S/C3H3FO4.2Li/c4-1(2(5)6)3(7)8;;/h1H,(H,5,6)(H,7,8);;/q;2*+1/p-2. The van der Waals surface area contributed by atoms with Crippen LogP contribution < -0.4 is 47.9 Å². The van der Waals surface area contributed by atoms with Crippen LogP contribution in [0, 0.1) is 0 Å². The number of hydrogen-bond donors (Lipinski definition) is 0. The van der Waals surface area contributed by atoms with Gasteiger partial charge in [0.05, 0.1) is 11.9 Å². The molecule has 0 aliphatic carbocycles. The zero-order valence-electron chi connectivity index (χ0n) is 5.59. The van der Waals surface area contributed by atoms with Crippen molar-refractivity contribution >= 4 is 11.9 Å². The minimum atomic E-state index is -3.02. The first kappa shape index (κ1) is 16.6. The van der Waals surface area contributed by atoms with Crippen molar-refractivity contribution in [3.05, 3.63) is 0 Å². The summed E-state index contributed by atoms with van der Waals surface area (Å²) in [5, 5.41) is 18.5. The summed E-state index contributed by atoms with van der Waals surface area (Å²) in [5.41, 5.74) is 0. The van der Waals surface area contributed by atoms with Crippen LogP contribution in [0.2, 0.25) is 0 Å². The molecule has 0 heterocycles. The predicted octanol–water partition coefficient (Wildman–Crippen LogP) is -9.17. The van der Waals surface area contributed by atoms with Gasteiger partial charge in [-0.2, -0.15) is 0 Å². The number of aliphatic carboxylic acids is 2. The van der Waals surface area contributed by atoms with Crippen LogP contribution in [-0.4, -0.2) is 18.1 Å². The van der Waals surface area contributed by atoms with Crippen LogP contribution in [0.15, 0.2) is 0 Å². The number of alkyl halides is 1. The number of hydrogen-bond acceptors (Lipinski definition) is 4. The topological polar surface area (TPSA) is 80.3 Å². The second kappa shape index (κ2) is 7.18. The Hall–Kier alpha value is 0.0648. The Morgan fingerprint density at radius 2 is 1.30 bits per heavy atom. The molecule has 4 nitrogen and oxygen atoms in total. The smallest absolute Gasteiger partial charge is 0.547 e. The van der Waals surface area contributed by atoms with Gasteiger partial charge in [-0.3, -0.25) is 0 Å². The van der Waals surface area contributed by atoms with E-state index < -0.39 is 18.1 Å². The van der Waals surface area contributed by atoms with Gasteiger partial charge in [0.2, 0.25) is 0 Å². The van der Waals surface area contributed by atoms with Gasteiger partial charge in [0.25, 0.3) is 0 Å². The molecule has 0 saturated heterocycles. The molecule has 0 aromatic carbocycles. The van der Waals surface area contributed by atoms with E-state index in [0.29, 0.717) is 0 Å². The summed E-state index contributed by atoms with van der Waals surface area (Å²) in [7, 11) is 0. The maximum atomic E-state index is 11.3. The number of rotatable bonds is 2. The largest absolute Gasteiger partial charge is 1.00 e. The maximum absolute atomic E-state index is 11.3. The van der Waals surface area contributed by atoms with Crippen molar-refractivity contribution in [1.82, 2.24) is 0 Å². The molecule has 0 aromatic rings. The monoisotopic (exact) mass is 134 g/mol. The van der Waals surface area contributed by atoms with Gasteiger partial charge in [-0.1, -0.05) is 0 Å². The van der Waals surface area contributed by atoms with Crippen molar-refractivity contribution in [2.45, 2.75) is 6.17 Å². The van der Waals surface area contributed by atoms with Gasteiger partial charge in [-0.05, 0) is 0 Å². The molecule has 0 fully saturated rings. The molecule has 0 atom stereocenters. The van der Waals surface area contributed by atoms with Crippen LogP contribution in [-0.2, 0) is 9.59 Å². The van der Waals surface area contributed by atoms with Crippen LogP contribution in [0.4, 0.5) is 4.39 Å². The summed E-state index contributed by atoms with van der Waals surface area (Å²) in [6.07, 6.45) is -3.02. The molecule has 0 bridgehead atoms. The fraction of sp³-hybridized carbons (Fsp3) is 0.333. The van der Waals surface area contributed by atoms with Crippen LogP contribution in [0.25, 0.3) is 0 Å². The van der Waals surface area contributed by atoms with Crippen molar-refractivity contribution in [2.75, 3.05) is 0 Å². The summed E-state index contributed by atoms with van der Waals surface area (Å²) in [4.78, 5) is 18.5. The van der Waals surface area contributed by atoms with Crippen LogP contribution >= 0.6 is 0 Å². The van der Waals surface area contributed by atoms with Crippen LogP contribution in [0.5, 0.6) is 0 Å². The molecule has 0 aliphatic rings. The van der Waals surface area contributed by atoms with Gasteiger partial charge >= 0.3 is 37.7 Å². The average molecular weight is 134 g/mol. The molecule has 0 unspecified atom stereocenters. The van der Waals surface area contributed by atoms with Crippen molar-refractivity contribution in [3.8, 4) is 0 Å². The molecular formula is C3HFLi2O4. The number of carboxylic acid groups (broad SMARTS) is 2. The Bertz CT molecular complexity index is 114. The maximum Gasteiger partial charge on any atom is 1.00 e. The molecule has 0 amide bonds. The molecule has 0 N–H and O–H groups in total. The zero-order chi connectivity index (χ0) is 6.73. The third kappa shape index (κ3) is 6.19. The molecule has 7 heteroatoms. The molecule has 0 saturated carbocycles. The minimum absolute atomic E-state index is 0. The molecule has 0 radical (unpaired) electrons. The normalized spacial score (nSPS) is 7.40. The van der Waals surface area contributed by atoms with Gasteiger partial charge in [0.1, 0.15) is 0 Å². The van der Waals surface area contributed by atoms with E-state index in [1.165, 1.54) is 0 Å². The fourth-order valence-corrected chi connectivity index (χ4v) is 0.0962. The first-order valence-corrected chi connectivity index (χ1v) is 1.61. The molecular weight excluding hydrogens is 133 g/mol. The second-order valence-corrected chi connectivity index (χ2v) is 1.00. The first-order valence-electron chi connectivity index (χ1n) is 1.61. The van der Waals surface area contributed by atoms with Gasteiger partial charge < -0.3 is 19.8 Å². The fourth-order valence-electron chi connectivity index (χ4n) is 0.0962. The average Bonchev–Trinajstić information content (AvgIpc) is 1.64. The van der Waals surface area contributed by atoms with E-state index in [1.54, 1.807) is 0 Å². The van der Waals surface area contributed by atoms with E-state index in [1.807, 2.05) is 0 Å². The third-order valence-corrected chi connectivity index (χ3v) is 0.414. The van der Waals surface area contributed by atoms with E-state index in [9.17, 15) is 24.2 Å². The van der Waals surface area contributed by atoms with E-state index in [2.05, 4.69) is 0 Å². The Balaban J connectivity index is -0.000000245. The quantitative estimate of drug-likeness (QED) is 0.277. The number of halogens is 1. The van der Waals surface area contributed by atoms with Crippen LogP contribution in [0.1, 0.15) is 0 Å². The van der Waals surface area contributed by atoms with E-state index in [4.69, 9.17) is 0 Å². The van der Waals surface area contributed by atoms with Crippen molar-refractivity contribution in [1.29, 1.82) is 0 Å². The van der Waals surface area contributed by atoms with Crippen LogP contribution in [0.3, 0.4) is 0 Å². The first-order chi connectivity index (χ1) is 3.55. The zero-order valence-corrected chi connectivity index (χ0v) is 5.59. The number of carbonyl (C=O) groups excluding carboxylic acids is 2. The molecule has 0 aliphatic heterocycles. The van der Waals surface area contributed by atoms with Crippen molar-refractivity contribution < 1.29 is 61.9 Å². The van der Waals surface area contributed by atoms with E-state index in [-0.39, 0.29) is 37.7 Å². The Kier molecular flexibility index (Phi) is 11.9. The minimum Gasteiger partial charge on any atom is -0.547 e. The van der Waals surface area contributed by atoms with Crippen molar-refractivity contribution in [2.24, 2.45) is 0 Å². The third-order valence-electron chi connectivity index (χ3n) is 0.414. The predicted molar refractivity (Wildman–Crippen MR) is 14.9 cm³/mol. The van der Waals surface area contributed by atoms with Gasteiger partial charge in [-0.15, -0.1) is 0 Å². The summed E-state index contributed by atoms with van der Waals surface area (Å²) in [6.45, 7) is 0. The SMILES string of the molecule is O=C([O-])C(F)C(=O)[O-].[Li+].[Li+]. The summed E-state index contributed by atoms with van der Waals surface area (Å²) in [5.74, 6) is -4.57. The molecule has 10 heavy (non-hydrogen) atoms. The Morgan fingerprint density at radius 1 is 1.10 bits per heavy atom. The van der Waals surface area contributed by atoms with E-state index >= 15 is 0 Å². The second-order valence-electron chi connectivity index (χ2n) is 1.00. The summed E-state index contributed by atoms with van der Waals surface area (Å²) < 4.78 is 11.3. The Labute approximate surface area is 80.1 Å². The molecule has 46 valence electrons. The van der Waals surface area contributed by atoms with Gasteiger partial charge in [0, 0.05) is 0 Å². The molecule has 0 spiro atoms. The molecule has 0 aromatic heterocycles. The van der Waals surface area contributed by atoms with Gasteiger partial charge in [0.15, 0.2) is 6.17 Å². The number of carboxylic acids is 2. The Morgan fingerprint density at radius 3 is 1.30 bits per heavy atom. The van der Waals surface area contributed by atoms with Gasteiger partial charge in [-0.25, -0.2) is 4.39 Å².